The molecule has 0 amide bonds. The van der Waals surface area contributed by atoms with Gasteiger partial charge in [-0.25, -0.2) is 0 Å². The molecule has 1 aromatic rings. The monoisotopic (exact) mass is 302 g/mol. The molecule has 1 aliphatic rings. The molecular formula is C14H20Cl2N2O. The van der Waals surface area contributed by atoms with Gasteiger partial charge in [0.05, 0.1) is 12.7 Å². The van der Waals surface area contributed by atoms with Gasteiger partial charge in [-0.2, -0.15) is 0 Å². The largest absolute Gasteiger partial charge is 0.376 e. The van der Waals surface area contributed by atoms with Crippen LogP contribution in [-0.4, -0.2) is 36.7 Å². The van der Waals surface area contributed by atoms with Crippen LogP contribution in [0.15, 0.2) is 18.2 Å². The molecule has 0 saturated carbocycles. The van der Waals surface area contributed by atoms with Crippen molar-refractivity contribution in [2.24, 2.45) is 5.73 Å². The van der Waals surface area contributed by atoms with Crippen LogP contribution in [-0.2, 0) is 4.74 Å². The molecular weight excluding hydrogens is 283 g/mol. The van der Waals surface area contributed by atoms with E-state index in [2.05, 4.69) is 18.7 Å². The summed E-state index contributed by atoms with van der Waals surface area (Å²) in [6.45, 7) is 6.37. The maximum absolute atomic E-state index is 6.09. The smallest absolute Gasteiger partial charge is 0.0675 e. The molecule has 2 rings (SSSR count). The summed E-state index contributed by atoms with van der Waals surface area (Å²) in [6.07, 6.45) is 0.222. The van der Waals surface area contributed by atoms with E-state index in [1.807, 2.05) is 12.1 Å². The van der Waals surface area contributed by atoms with E-state index in [0.717, 1.165) is 18.7 Å². The molecule has 1 fully saturated rings. The standard InChI is InChI=1S/C14H20Cl2N2O/c1-9-8-19-10(2)7-18(9)14(6-17)11-3-12(15)5-13(16)4-11/h3-5,9-10,14H,6-8,17H2,1-2H3. The molecule has 19 heavy (non-hydrogen) atoms. The minimum Gasteiger partial charge on any atom is -0.376 e. The predicted octanol–water partition coefficient (Wildman–Crippen LogP) is 3.10. The Morgan fingerprint density at radius 1 is 1.32 bits per heavy atom. The van der Waals surface area contributed by atoms with Crippen molar-refractivity contribution < 1.29 is 4.74 Å². The first-order valence-corrected chi connectivity index (χ1v) is 7.30. The molecule has 3 nitrogen and oxygen atoms in total. The second-order valence-corrected chi connectivity index (χ2v) is 6.02. The average Bonchev–Trinajstić information content (AvgIpc) is 2.33. The highest BCUT2D eigenvalue weighted by Crippen LogP contribution is 2.29. The molecule has 3 atom stereocenters. The topological polar surface area (TPSA) is 38.5 Å². The van der Waals surface area contributed by atoms with E-state index in [4.69, 9.17) is 33.7 Å². The van der Waals surface area contributed by atoms with E-state index in [0.29, 0.717) is 22.6 Å². The van der Waals surface area contributed by atoms with E-state index in [9.17, 15) is 0 Å². The first kappa shape index (κ1) is 15.1. The molecule has 0 aromatic heterocycles. The molecule has 0 radical (unpaired) electrons. The summed E-state index contributed by atoms with van der Waals surface area (Å²) >= 11 is 12.2. The van der Waals surface area contributed by atoms with Crippen molar-refractivity contribution in [3.8, 4) is 0 Å². The fourth-order valence-electron chi connectivity index (χ4n) is 2.59. The normalized spacial score (nSPS) is 26.4. The van der Waals surface area contributed by atoms with Crippen LogP contribution in [0.4, 0.5) is 0 Å². The molecule has 2 N–H and O–H groups in total. The minimum atomic E-state index is 0.123. The van der Waals surface area contributed by atoms with Crippen molar-refractivity contribution >= 4 is 23.2 Å². The van der Waals surface area contributed by atoms with Crippen LogP contribution < -0.4 is 5.73 Å². The summed E-state index contributed by atoms with van der Waals surface area (Å²) in [4.78, 5) is 2.37. The van der Waals surface area contributed by atoms with E-state index < -0.39 is 0 Å². The van der Waals surface area contributed by atoms with Crippen LogP contribution in [0.5, 0.6) is 0 Å². The van der Waals surface area contributed by atoms with Crippen LogP contribution in [0, 0.1) is 0 Å². The van der Waals surface area contributed by atoms with Gasteiger partial charge in [-0.05, 0) is 37.6 Å². The van der Waals surface area contributed by atoms with E-state index in [1.54, 1.807) is 6.07 Å². The van der Waals surface area contributed by atoms with Crippen molar-refractivity contribution in [2.75, 3.05) is 19.7 Å². The Hall–Kier alpha value is -0.320. The lowest BCUT2D eigenvalue weighted by molar-refractivity contribution is -0.0653. The van der Waals surface area contributed by atoms with Gasteiger partial charge >= 0.3 is 0 Å². The highest BCUT2D eigenvalue weighted by Gasteiger charge is 2.30. The number of rotatable bonds is 3. The molecule has 5 heteroatoms. The second-order valence-electron chi connectivity index (χ2n) is 5.14. The van der Waals surface area contributed by atoms with Crippen molar-refractivity contribution in [1.29, 1.82) is 0 Å². The number of benzene rings is 1. The zero-order valence-corrected chi connectivity index (χ0v) is 12.8. The van der Waals surface area contributed by atoms with Crippen LogP contribution >= 0.6 is 23.2 Å². The van der Waals surface area contributed by atoms with Crippen LogP contribution in [0.2, 0.25) is 10.0 Å². The Labute approximate surface area is 124 Å². The van der Waals surface area contributed by atoms with Gasteiger partial charge < -0.3 is 10.5 Å². The van der Waals surface area contributed by atoms with Gasteiger partial charge in [0, 0.05) is 35.2 Å². The Morgan fingerprint density at radius 3 is 2.53 bits per heavy atom. The van der Waals surface area contributed by atoms with E-state index >= 15 is 0 Å². The highest BCUT2D eigenvalue weighted by atomic mass is 35.5. The SMILES string of the molecule is CC1CN(C(CN)c2cc(Cl)cc(Cl)c2)C(C)CO1. The summed E-state index contributed by atoms with van der Waals surface area (Å²) in [5.41, 5.74) is 7.05. The Morgan fingerprint density at radius 2 is 1.95 bits per heavy atom. The molecule has 1 saturated heterocycles. The van der Waals surface area contributed by atoms with Gasteiger partial charge in [0.2, 0.25) is 0 Å². The van der Waals surface area contributed by atoms with Gasteiger partial charge in [0.1, 0.15) is 0 Å². The van der Waals surface area contributed by atoms with Crippen molar-refractivity contribution in [3.05, 3.63) is 33.8 Å². The minimum absolute atomic E-state index is 0.123. The Balaban J connectivity index is 2.27. The number of halogens is 2. The lowest BCUT2D eigenvalue weighted by Gasteiger charge is -2.41. The van der Waals surface area contributed by atoms with Gasteiger partial charge in [0.25, 0.3) is 0 Å². The predicted molar refractivity (Wildman–Crippen MR) is 79.8 cm³/mol. The first-order chi connectivity index (χ1) is 9.01. The zero-order valence-electron chi connectivity index (χ0n) is 11.3. The maximum atomic E-state index is 6.09. The molecule has 106 valence electrons. The summed E-state index contributed by atoms with van der Waals surface area (Å²) in [5.74, 6) is 0. The number of nitrogens with zero attached hydrogens (tertiary/aromatic N) is 1. The van der Waals surface area contributed by atoms with Crippen molar-refractivity contribution in [1.82, 2.24) is 4.90 Å². The van der Waals surface area contributed by atoms with Crippen molar-refractivity contribution in [2.45, 2.75) is 32.0 Å². The molecule has 1 aromatic carbocycles. The van der Waals surface area contributed by atoms with Gasteiger partial charge in [-0.15, -0.1) is 0 Å². The Kier molecular flexibility index (Phi) is 5.09. The summed E-state index contributed by atoms with van der Waals surface area (Å²) < 4.78 is 5.66. The third-order valence-corrected chi connectivity index (χ3v) is 3.99. The summed E-state index contributed by atoms with van der Waals surface area (Å²) in [5, 5.41) is 1.30. The molecule has 0 bridgehead atoms. The van der Waals surface area contributed by atoms with Crippen LogP contribution in [0.25, 0.3) is 0 Å². The van der Waals surface area contributed by atoms with Gasteiger partial charge in [-0.1, -0.05) is 23.2 Å². The zero-order chi connectivity index (χ0) is 14.0. The molecule has 1 heterocycles. The summed E-state index contributed by atoms with van der Waals surface area (Å²) in [7, 11) is 0. The Bertz CT molecular complexity index is 421. The number of morpholine rings is 1. The lowest BCUT2D eigenvalue weighted by atomic mass is 10.0. The lowest BCUT2D eigenvalue weighted by Crippen LogP contribution is -2.50. The van der Waals surface area contributed by atoms with Gasteiger partial charge in [0.15, 0.2) is 0 Å². The molecule has 3 unspecified atom stereocenters. The third kappa shape index (κ3) is 3.61. The van der Waals surface area contributed by atoms with E-state index in [1.165, 1.54) is 0 Å². The average molecular weight is 303 g/mol. The van der Waals surface area contributed by atoms with Crippen molar-refractivity contribution in [3.63, 3.8) is 0 Å². The van der Waals surface area contributed by atoms with Crippen LogP contribution in [0.1, 0.15) is 25.5 Å². The quantitative estimate of drug-likeness (QED) is 0.932. The number of nitrogens with two attached hydrogens (primary N) is 1. The number of hydrogen-bond donors (Lipinski definition) is 1. The first-order valence-electron chi connectivity index (χ1n) is 6.54. The fourth-order valence-corrected chi connectivity index (χ4v) is 3.14. The third-order valence-electron chi connectivity index (χ3n) is 3.55. The number of ether oxygens (including phenoxy) is 1. The fraction of sp³-hybridized carbons (Fsp3) is 0.571. The second kappa shape index (κ2) is 6.42. The molecule has 0 spiro atoms. The molecule has 0 aliphatic carbocycles. The van der Waals surface area contributed by atoms with Gasteiger partial charge in [-0.3, -0.25) is 4.90 Å². The molecule has 1 aliphatic heterocycles. The van der Waals surface area contributed by atoms with E-state index in [-0.39, 0.29) is 12.1 Å². The highest BCUT2D eigenvalue weighted by molar-refractivity contribution is 6.34. The number of hydrogen-bond acceptors (Lipinski definition) is 3. The van der Waals surface area contributed by atoms with Crippen LogP contribution in [0.3, 0.4) is 0 Å². The summed E-state index contributed by atoms with van der Waals surface area (Å²) in [6, 6.07) is 6.08. The maximum Gasteiger partial charge on any atom is 0.0675 e.